The SMILES string of the molecule is COCCCNc1nccn1CC(C)(C)OC. The molecule has 0 unspecified atom stereocenters. The summed E-state index contributed by atoms with van der Waals surface area (Å²) in [4.78, 5) is 4.29. The third-order valence-corrected chi connectivity index (χ3v) is 2.63. The van der Waals surface area contributed by atoms with Gasteiger partial charge in [-0.05, 0) is 20.3 Å². The van der Waals surface area contributed by atoms with Gasteiger partial charge in [-0.1, -0.05) is 0 Å². The molecule has 5 heteroatoms. The number of methoxy groups -OCH3 is 2. The summed E-state index contributed by atoms with van der Waals surface area (Å²) in [6, 6.07) is 0. The monoisotopic (exact) mass is 241 g/mol. The van der Waals surface area contributed by atoms with E-state index in [2.05, 4.69) is 28.7 Å². The Morgan fingerprint density at radius 2 is 2.18 bits per heavy atom. The van der Waals surface area contributed by atoms with Gasteiger partial charge in [-0.25, -0.2) is 4.98 Å². The van der Waals surface area contributed by atoms with Gasteiger partial charge in [0.2, 0.25) is 5.95 Å². The molecule has 0 bridgehead atoms. The van der Waals surface area contributed by atoms with Crippen LogP contribution >= 0.6 is 0 Å². The van der Waals surface area contributed by atoms with Crippen molar-refractivity contribution >= 4 is 5.95 Å². The van der Waals surface area contributed by atoms with Crippen molar-refractivity contribution in [3.8, 4) is 0 Å². The fourth-order valence-corrected chi connectivity index (χ4v) is 1.50. The Morgan fingerprint density at radius 1 is 1.41 bits per heavy atom. The summed E-state index contributed by atoms with van der Waals surface area (Å²) in [5.41, 5.74) is -0.191. The van der Waals surface area contributed by atoms with Crippen LogP contribution < -0.4 is 5.32 Å². The van der Waals surface area contributed by atoms with E-state index in [1.165, 1.54) is 0 Å². The quantitative estimate of drug-likeness (QED) is 0.704. The first-order valence-corrected chi connectivity index (χ1v) is 5.88. The number of anilines is 1. The molecule has 0 amide bonds. The lowest BCUT2D eigenvalue weighted by Crippen LogP contribution is -2.29. The summed E-state index contributed by atoms with van der Waals surface area (Å²) < 4.78 is 12.5. The van der Waals surface area contributed by atoms with Gasteiger partial charge in [0, 0.05) is 39.8 Å². The fraction of sp³-hybridized carbons (Fsp3) is 0.750. The largest absolute Gasteiger partial charge is 0.385 e. The summed E-state index contributed by atoms with van der Waals surface area (Å²) in [5.74, 6) is 0.881. The summed E-state index contributed by atoms with van der Waals surface area (Å²) in [7, 11) is 3.44. The fourth-order valence-electron chi connectivity index (χ4n) is 1.50. The van der Waals surface area contributed by atoms with Crippen molar-refractivity contribution in [2.45, 2.75) is 32.4 Å². The maximum atomic E-state index is 5.41. The van der Waals surface area contributed by atoms with E-state index in [1.54, 1.807) is 20.4 Å². The smallest absolute Gasteiger partial charge is 0.202 e. The normalized spacial score (nSPS) is 11.8. The molecule has 0 radical (unpaired) electrons. The number of hydrogen-bond donors (Lipinski definition) is 1. The third kappa shape index (κ3) is 4.75. The van der Waals surface area contributed by atoms with Crippen molar-refractivity contribution in [2.24, 2.45) is 0 Å². The number of hydrogen-bond acceptors (Lipinski definition) is 4. The topological polar surface area (TPSA) is 48.3 Å². The zero-order valence-corrected chi connectivity index (χ0v) is 11.2. The molecule has 1 rings (SSSR count). The second-order valence-electron chi connectivity index (χ2n) is 4.62. The van der Waals surface area contributed by atoms with Crippen LogP contribution in [-0.2, 0) is 16.0 Å². The van der Waals surface area contributed by atoms with Gasteiger partial charge in [0.05, 0.1) is 12.1 Å². The highest BCUT2D eigenvalue weighted by Crippen LogP contribution is 2.14. The molecule has 1 aromatic rings. The van der Waals surface area contributed by atoms with E-state index in [0.29, 0.717) is 0 Å². The van der Waals surface area contributed by atoms with Gasteiger partial charge in [0.1, 0.15) is 0 Å². The Balaban J connectivity index is 2.48. The number of ether oxygens (including phenoxy) is 2. The minimum Gasteiger partial charge on any atom is -0.385 e. The number of nitrogens with one attached hydrogen (secondary N) is 1. The van der Waals surface area contributed by atoms with E-state index in [1.807, 2.05) is 6.20 Å². The van der Waals surface area contributed by atoms with Crippen LogP contribution in [0.15, 0.2) is 12.4 Å². The Kier molecular flexibility index (Phi) is 5.44. The van der Waals surface area contributed by atoms with E-state index >= 15 is 0 Å². The van der Waals surface area contributed by atoms with Gasteiger partial charge in [0.15, 0.2) is 0 Å². The summed E-state index contributed by atoms with van der Waals surface area (Å²) in [6.45, 7) is 6.51. The van der Waals surface area contributed by atoms with Gasteiger partial charge in [-0.2, -0.15) is 0 Å². The van der Waals surface area contributed by atoms with Crippen LogP contribution in [0.25, 0.3) is 0 Å². The van der Waals surface area contributed by atoms with Gasteiger partial charge in [-0.15, -0.1) is 0 Å². The Labute approximate surface area is 103 Å². The Bertz CT molecular complexity index is 323. The molecule has 0 saturated heterocycles. The molecule has 0 spiro atoms. The minimum absolute atomic E-state index is 0.191. The zero-order valence-electron chi connectivity index (χ0n) is 11.2. The van der Waals surface area contributed by atoms with Crippen LogP contribution in [0, 0.1) is 0 Å². The maximum absolute atomic E-state index is 5.41. The van der Waals surface area contributed by atoms with Gasteiger partial charge in [0.25, 0.3) is 0 Å². The summed E-state index contributed by atoms with van der Waals surface area (Å²) >= 11 is 0. The molecule has 98 valence electrons. The van der Waals surface area contributed by atoms with E-state index in [0.717, 1.165) is 32.1 Å². The van der Waals surface area contributed by atoms with Crippen LogP contribution in [0.5, 0.6) is 0 Å². The van der Waals surface area contributed by atoms with Gasteiger partial charge >= 0.3 is 0 Å². The Hall–Kier alpha value is -1.07. The molecular formula is C12H23N3O2. The average Bonchev–Trinajstić information content (AvgIpc) is 2.71. The van der Waals surface area contributed by atoms with Crippen molar-refractivity contribution in [3.05, 3.63) is 12.4 Å². The van der Waals surface area contributed by atoms with Gasteiger partial charge < -0.3 is 19.4 Å². The lowest BCUT2D eigenvalue weighted by molar-refractivity contribution is 0.00857. The molecule has 0 aliphatic rings. The molecule has 0 fully saturated rings. The minimum atomic E-state index is -0.191. The first-order chi connectivity index (χ1) is 8.09. The molecule has 0 aromatic carbocycles. The number of imidazole rings is 1. The van der Waals surface area contributed by atoms with E-state index in [4.69, 9.17) is 9.47 Å². The van der Waals surface area contributed by atoms with E-state index < -0.39 is 0 Å². The van der Waals surface area contributed by atoms with Crippen molar-refractivity contribution in [1.29, 1.82) is 0 Å². The summed E-state index contributed by atoms with van der Waals surface area (Å²) in [6.07, 6.45) is 4.72. The molecule has 0 aliphatic carbocycles. The highest BCUT2D eigenvalue weighted by Gasteiger charge is 2.18. The van der Waals surface area contributed by atoms with Crippen molar-refractivity contribution in [2.75, 3.05) is 32.7 Å². The average molecular weight is 241 g/mol. The van der Waals surface area contributed by atoms with Gasteiger partial charge in [-0.3, -0.25) is 0 Å². The number of rotatable bonds is 8. The lowest BCUT2D eigenvalue weighted by Gasteiger charge is -2.24. The van der Waals surface area contributed by atoms with Crippen molar-refractivity contribution in [3.63, 3.8) is 0 Å². The van der Waals surface area contributed by atoms with Crippen LogP contribution in [0.1, 0.15) is 20.3 Å². The molecule has 1 aromatic heterocycles. The molecule has 0 aliphatic heterocycles. The highest BCUT2D eigenvalue weighted by atomic mass is 16.5. The highest BCUT2D eigenvalue weighted by molar-refractivity contribution is 5.25. The lowest BCUT2D eigenvalue weighted by atomic mass is 10.1. The Morgan fingerprint density at radius 3 is 2.82 bits per heavy atom. The molecule has 0 atom stereocenters. The van der Waals surface area contributed by atoms with E-state index in [9.17, 15) is 0 Å². The van der Waals surface area contributed by atoms with Crippen molar-refractivity contribution < 1.29 is 9.47 Å². The molecule has 17 heavy (non-hydrogen) atoms. The standard InChI is InChI=1S/C12H23N3O2/c1-12(2,17-4)10-15-8-7-14-11(15)13-6-5-9-16-3/h7-8H,5-6,9-10H2,1-4H3,(H,13,14). The predicted octanol–water partition coefficient (Wildman–Crippen LogP) is 1.76. The molecule has 0 saturated carbocycles. The molecule has 5 nitrogen and oxygen atoms in total. The first kappa shape index (κ1) is 14.0. The third-order valence-electron chi connectivity index (χ3n) is 2.63. The van der Waals surface area contributed by atoms with Crippen LogP contribution in [0.4, 0.5) is 5.95 Å². The number of nitrogens with zero attached hydrogens (tertiary/aromatic N) is 2. The molecular weight excluding hydrogens is 218 g/mol. The molecule has 1 N–H and O–H groups in total. The molecule has 1 heterocycles. The van der Waals surface area contributed by atoms with Crippen molar-refractivity contribution in [1.82, 2.24) is 9.55 Å². The van der Waals surface area contributed by atoms with Crippen LogP contribution in [0.3, 0.4) is 0 Å². The zero-order chi connectivity index (χ0) is 12.7. The van der Waals surface area contributed by atoms with E-state index in [-0.39, 0.29) is 5.60 Å². The number of aromatic nitrogens is 2. The second-order valence-corrected chi connectivity index (χ2v) is 4.62. The predicted molar refractivity (Wildman–Crippen MR) is 68.3 cm³/mol. The second kappa shape index (κ2) is 6.61. The maximum Gasteiger partial charge on any atom is 0.202 e. The van der Waals surface area contributed by atoms with Crippen LogP contribution in [0.2, 0.25) is 0 Å². The summed E-state index contributed by atoms with van der Waals surface area (Å²) in [5, 5.41) is 3.29. The van der Waals surface area contributed by atoms with Crippen LogP contribution in [-0.4, -0.2) is 42.5 Å². The first-order valence-electron chi connectivity index (χ1n) is 5.88.